The van der Waals surface area contributed by atoms with Crippen LogP contribution in [-0.4, -0.2) is 15.2 Å². The second kappa shape index (κ2) is 5.06. The van der Waals surface area contributed by atoms with Crippen LogP contribution in [0.1, 0.15) is 11.1 Å². The monoisotopic (exact) mass is 284 g/mol. The van der Waals surface area contributed by atoms with Gasteiger partial charge in [0.25, 0.3) is 0 Å². The fourth-order valence-electron chi connectivity index (χ4n) is 1.99. The third-order valence-electron chi connectivity index (χ3n) is 3.33. The van der Waals surface area contributed by atoms with E-state index in [1.807, 2.05) is 44.2 Å². The minimum Gasteiger partial charge on any atom is -0.338 e. The Morgan fingerprint density at radius 3 is 2.75 bits per heavy atom. The van der Waals surface area contributed by atoms with Crippen LogP contribution in [0, 0.1) is 13.8 Å². The number of halogens is 1. The Kier molecular flexibility index (Phi) is 3.24. The number of pyridine rings is 1. The van der Waals surface area contributed by atoms with Crippen LogP contribution < -0.4 is 5.32 Å². The van der Waals surface area contributed by atoms with E-state index in [1.165, 1.54) is 0 Å². The lowest BCUT2D eigenvalue weighted by Crippen LogP contribution is -2.01. The molecule has 0 radical (unpaired) electrons. The number of hydrogen-bond donors (Lipinski definition) is 1. The van der Waals surface area contributed by atoms with Gasteiger partial charge in [0.15, 0.2) is 11.0 Å². The van der Waals surface area contributed by atoms with E-state index in [1.54, 1.807) is 6.20 Å². The number of hydrogen-bond acceptors (Lipinski definition) is 4. The van der Waals surface area contributed by atoms with E-state index in [4.69, 9.17) is 11.6 Å². The fraction of sp³-hybridized carbons (Fsp3) is 0.133. The Morgan fingerprint density at radius 2 is 1.90 bits per heavy atom. The molecule has 5 heteroatoms. The summed E-state index contributed by atoms with van der Waals surface area (Å²) >= 11 is 5.96. The summed E-state index contributed by atoms with van der Waals surface area (Å²) in [5, 5.41) is 12.8. The largest absolute Gasteiger partial charge is 0.338 e. The first-order chi connectivity index (χ1) is 9.65. The molecule has 0 fully saturated rings. The Bertz CT molecular complexity index is 786. The average molecular weight is 285 g/mol. The van der Waals surface area contributed by atoms with E-state index in [2.05, 4.69) is 20.5 Å². The highest BCUT2D eigenvalue weighted by Crippen LogP contribution is 2.25. The maximum absolute atomic E-state index is 5.96. The molecule has 0 bridgehead atoms. The van der Waals surface area contributed by atoms with Crippen LogP contribution in [-0.2, 0) is 0 Å². The molecule has 0 atom stereocenters. The van der Waals surface area contributed by atoms with Crippen molar-refractivity contribution in [2.75, 3.05) is 5.32 Å². The molecule has 0 amide bonds. The van der Waals surface area contributed by atoms with Gasteiger partial charge in [0.2, 0.25) is 0 Å². The maximum atomic E-state index is 5.96. The molecule has 1 N–H and O–H groups in total. The van der Waals surface area contributed by atoms with Gasteiger partial charge in [-0.2, -0.15) is 0 Å². The minimum atomic E-state index is 0.441. The number of nitrogens with one attached hydrogen (secondary N) is 1. The van der Waals surface area contributed by atoms with E-state index in [0.29, 0.717) is 5.15 Å². The fourth-order valence-corrected chi connectivity index (χ4v) is 2.16. The summed E-state index contributed by atoms with van der Waals surface area (Å²) in [6.45, 7) is 3.91. The molecule has 100 valence electrons. The minimum absolute atomic E-state index is 0.441. The molecular weight excluding hydrogens is 272 g/mol. The van der Waals surface area contributed by atoms with Crippen LogP contribution in [0.5, 0.6) is 0 Å². The van der Waals surface area contributed by atoms with Crippen LogP contribution >= 0.6 is 11.6 Å². The zero-order chi connectivity index (χ0) is 14.1. The van der Waals surface area contributed by atoms with Gasteiger partial charge in [0.05, 0.1) is 5.52 Å². The molecule has 0 spiro atoms. The summed E-state index contributed by atoms with van der Waals surface area (Å²) in [7, 11) is 0. The van der Waals surface area contributed by atoms with Gasteiger partial charge in [-0.05, 0) is 49.2 Å². The molecule has 2 heterocycles. The molecule has 4 nitrogen and oxygen atoms in total. The van der Waals surface area contributed by atoms with Crippen LogP contribution in [0.4, 0.5) is 11.5 Å². The molecule has 0 unspecified atom stereocenters. The first kappa shape index (κ1) is 12.8. The third kappa shape index (κ3) is 2.30. The van der Waals surface area contributed by atoms with Crippen LogP contribution in [0.3, 0.4) is 0 Å². The normalized spacial score (nSPS) is 10.8. The molecule has 0 aliphatic heterocycles. The molecule has 1 aromatic carbocycles. The molecular formula is C15H13ClN4. The molecule has 0 saturated heterocycles. The highest BCUT2D eigenvalue weighted by atomic mass is 35.5. The summed E-state index contributed by atoms with van der Waals surface area (Å²) in [6.07, 6.45) is 1.79. The van der Waals surface area contributed by atoms with Crippen LogP contribution in [0.25, 0.3) is 10.9 Å². The van der Waals surface area contributed by atoms with Gasteiger partial charge in [-0.3, -0.25) is 4.98 Å². The van der Waals surface area contributed by atoms with Crippen molar-refractivity contribution in [3.63, 3.8) is 0 Å². The van der Waals surface area contributed by atoms with Gasteiger partial charge in [-0.15, -0.1) is 10.2 Å². The van der Waals surface area contributed by atoms with Crippen LogP contribution in [0.15, 0.2) is 36.5 Å². The van der Waals surface area contributed by atoms with Gasteiger partial charge in [0.1, 0.15) is 0 Å². The van der Waals surface area contributed by atoms with Gasteiger partial charge in [0, 0.05) is 17.3 Å². The zero-order valence-corrected chi connectivity index (χ0v) is 11.9. The van der Waals surface area contributed by atoms with E-state index in [-0.39, 0.29) is 0 Å². The van der Waals surface area contributed by atoms with Crippen molar-refractivity contribution in [1.82, 2.24) is 15.2 Å². The van der Waals surface area contributed by atoms with Crippen molar-refractivity contribution in [3.05, 3.63) is 52.8 Å². The first-order valence-corrected chi connectivity index (χ1v) is 6.64. The second-order valence-electron chi connectivity index (χ2n) is 4.63. The highest BCUT2D eigenvalue weighted by Gasteiger charge is 2.08. The van der Waals surface area contributed by atoms with Crippen molar-refractivity contribution >= 4 is 34.0 Å². The van der Waals surface area contributed by atoms with E-state index >= 15 is 0 Å². The van der Waals surface area contributed by atoms with Crippen molar-refractivity contribution in [3.8, 4) is 0 Å². The lowest BCUT2D eigenvalue weighted by atomic mass is 10.1. The summed E-state index contributed by atoms with van der Waals surface area (Å²) < 4.78 is 0. The predicted octanol–water partition coefficient (Wildman–Crippen LogP) is 4.04. The highest BCUT2D eigenvalue weighted by molar-refractivity contribution is 6.30. The number of rotatable bonds is 2. The van der Waals surface area contributed by atoms with Crippen LogP contribution in [0.2, 0.25) is 5.15 Å². The molecule has 20 heavy (non-hydrogen) atoms. The molecule has 2 aromatic heterocycles. The Labute approximate surface area is 121 Å². The Hall–Kier alpha value is -2.20. The van der Waals surface area contributed by atoms with E-state index in [9.17, 15) is 0 Å². The Morgan fingerprint density at radius 1 is 1.05 bits per heavy atom. The van der Waals surface area contributed by atoms with E-state index < -0.39 is 0 Å². The Balaban J connectivity index is 1.99. The van der Waals surface area contributed by atoms with Gasteiger partial charge in [-0.25, -0.2) is 0 Å². The molecule has 0 saturated carbocycles. The molecule has 0 aliphatic rings. The standard InChI is InChI=1S/C15H13ClN4/c1-9-10(2)15(20-19-14(9)16)18-12-5-6-13-11(8-12)4-3-7-17-13/h3-8H,1-2H3,(H,18,20). The maximum Gasteiger partial charge on any atom is 0.156 e. The van der Waals surface area contributed by atoms with E-state index in [0.717, 1.165) is 33.5 Å². The van der Waals surface area contributed by atoms with Crippen molar-refractivity contribution in [2.45, 2.75) is 13.8 Å². The lowest BCUT2D eigenvalue weighted by molar-refractivity contribution is 1.00. The van der Waals surface area contributed by atoms with Gasteiger partial charge < -0.3 is 5.32 Å². The second-order valence-corrected chi connectivity index (χ2v) is 4.98. The molecule has 0 aliphatic carbocycles. The first-order valence-electron chi connectivity index (χ1n) is 6.26. The van der Waals surface area contributed by atoms with Crippen molar-refractivity contribution < 1.29 is 0 Å². The number of benzene rings is 1. The summed E-state index contributed by atoms with van der Waals surface area (Å²) in [5.74, 6) is 0.718. The number of anilines is 2. The average Bonchev–Trinajstić information content (AvgIpc) is 2.48. The van der Waals surface area contributed by atoms with Gasteiger partial charge >= 0.3 is 0 Å². The molecule has 3 aromatic rings. The quantitative estimate of drug-likeness (QED) is 0.771. The van der Waals surface area contributed by atoms with Crippen molar-refractivity contribution in [2.24, 2.45) is 0 Å². The summed E-state index contributed by atoms with van der Waals surface area (Å²) in [4.78, 5) is 4.30. The van der Waals surface area contributed by atoms with Gasteiger partial charge in [-0.1, -0.05) is 17.7 Å². The lowest BCUT2D eigenvalue weighted by Gasteiger charge is -2.10. The molecule has 3 rings (SSSR count). The SMILES string of the molecule is Cc1c(Cl)nnc(Nc2ccc3ncccc3c2)c1C. The predicted molar refractivity (Wildman–Crippen MR) is 81.5 cm³/mol. The smallest absolute Gasteiger partial charge is 0.156 e. The number of nitrogens with zero attached hydrogens (tertiary/aromatic N) is 3. The number of fused-ring (bicyclic) bond motifs is 1. The van der Waals surface area contributed by atoms with Crippen molar-refractivity contribution in [1.29, 1.82) is 0 Å². The third-order valence-corrected chi connectivity index (χ3v) is 3.69. The summed E-state index contributed by atoms with van der Waals surface area (Å²) in [6, 6.07) is 9.93. The summed E-state index contributed by atoms with van der Waals surface area (Å²) in [5.41, 5.74) is 3.85. The topological polar surface area (TPSA) is 50.7 Å². The number of aromatic nitrogens is 3. The zero-order valence-electron chi connectivity index (χ0n) is 11.2.